The third-order valence-electron chi connectivity index (χ3n) is 3.63. The molecule has 0 spiro atoms. The van der Waals surface area contributed by atoms with Crippen LogP contribution in [-0.4, -0.2) is 15.6 Å². The summed E-state index contributed by atoms with van der Waals surface area (Å²) >= 11 is 1.23. The maximum Gasteiger partial charge on any atom is 0.267 e. The summed E-state index contributed by atoms with van der Waals surface area (Å²) in [5.74, 6) is -1.60. The van der Waals surface area contributed by atoms with Gasteiger partial charge in [-0.3, -0.25) is 9.59 Å². The molecule has 5 nitrogen and oxygen atoms in total. The second kappa shape index (κ2) is 5.51. The molecule has 2 aromatic heterocycles. The summed E-state index contributed by atoms with van der Waals surface area (Å²) in [7, 11) is 1.53. The van der Waals surface area contributed by atoms with Gasteiger partial charge < -0.3 is 15.0 Å². The van der Waals surface area contributed by atoms with Gasteiger partial charge in [-0.2, -0.15) is 0 Å². The van der Waals surface area contributed by atoms with E-state index < -0.39 is 17.3 Å². The molecule has 0 radical (unpaired) electrons. The molecule has 0 aliphatic heterocycles. The van der Waals surface area contributed by atoms with E-state index in [4.69, 9.17) is 0 Å². The fourth-order valence-corrected chi connectivity index (χ4v) is 3.18. The molecule has 1 aromatic carbocycles. The van der Waals surface area contributed by atoms with Gasteiger partial charge in [0.15, 0.2) is 5.75 Å². The van der Waals surface area contributed by atoms with Crippen LogP contribution in [0.5, 0.6) is 5.75 Å². The number of carbonyl (C=O) groups is 1. The summed E-state index contributed by atoms with van der Waals surface area (Å²) in [5, 5.41) is 14.4. The smallest absolute Gasteiger partial charge is 0.267 e. The molecule has 1 amide bonds. The average Bonchev–Trinajstić information content (AvgIpc) is 2.99. The highest BCUT2D eigenvalue weighted by atomic mass is 32.1. The third kappa shape index (κ3) is 2.49. The van der Waals surface area contributed by atoms with Crippen LogP contribution < -0.4 is 10.9 Å². The summed E-state index contributed by atoms with van der Waals surface area (Å²) < 4.78 is 15.3. The van der Waals surface area contributed by atoms with Gasteiger partial charge in [0.1, 0.15) is 11.4 Å². The molecule has 0 saturated carbocycles. The molecule has 2 N–H and O–H groups in total. The number of rotatable bonds is 2. The number of aromatic hydroxyl groups is 1. The summed E-state index contributed by atoms with van der Waals surface area (Å²) in [4.78, 5) is 24.7. The zero-order valence-electron chi connectivity index (χ0n) is 12.4. The van der Waals surface area contributed by atoms with Gasteiger partial charge in [-0.05, 0) is 36.1 Å². The summed E-state index contributed by atoms with van der Waals surface area (Å²) in [6.07, 6.45) is 0. The number of nitrogens with one attached hydrogen (secondary N) is 1. The quantitative estimate of drug-likeness (QED) is 0.758. The fraction of sp³-hybridized carbons (Fsp3) is 0.125. The number of pyridine rings is 1. The molecule has 0 saturated heterocycles. The molecular weight excluding hydrogens is 319 g/mol. The number of hydrogen-bond donors (Lipinski definition) is 2. The van der Waals surface area contributed by atoms with Crippen molar-refractivity contribution in [3.05, 3.63) is 56.9 Å². The van der Waals surface area contributed by atoms with Crippen LogP contribution in [0.4, 0.5) is 10.1 Å². The standard InChI is InChI=1S/C16H13FN2O3S/c1-8-3-4-9(7-10(8)17)18-15(21)12-13(20)14-11(5-6-23-14)19(2)16(12)22/h3-7,20H,1-2H3,(H,18,21). The molecule has 0 aliphatic rings. The zero-order valence-corrected chi connectivity index (χ0v) is 13.2. The normalized spacial score (nSPS) is 10.9. The summed E-state index contributed by atoms with van der Waals surface area (Å²) in [6.45, 7) is 1.60. The maximum atomic E-state index is 13.6. The molecule has 2 heterocycles. The number of halogens is 1. The van der Waals surface area contributed by atoms with E-state index in [0.29, 0.717) is 15.8 Å². The van der Waals surface area contributed by atoms with Crippen LogP contribution in [-0.2, 0) is 7.05 Å². The van der Waals surface area contributed by atoms with Gasteiger partial charge in [-0.1, -0.05) is 6.07 Å². The molecule has 0 atom stereocenters. The Morgan fingerprint density at radius 1 is 1.35 bits per heavy atom. The number of anilines is 1. The number of aryl methyl sites for hydroxylation is 2. The largest absolute Gasteiger partial charge is 0.505 e. The first kappa shape index (κ1) is 15.2. The minimum Gasteiger partial charge on any atom is -0.505 e. The summed E-state index contributed by atoms with van der Waals surface area (Å²) in [5.41, 5.74) is 0.241. The molecule has 118 valence electrons. The number of aromatic nitrogens is 1. The Kier molecular flexibility index (Phi) is 3.65. The van der Waals surface area contributed by atoms with Crippen LogP contribution in [0.25, 0.3) is 10.2 Å². The van der Waals surface area contributed by atoms with Gasteiger partial charge >= 0.3 is 0 Å². The Balaban J connectivity index is 2.07. The van der Waals surface area contributed by atoms with E-state index in [9.17, 15) is 19.1 Å². The first-order valence-corrected chi connectivity index (χ1v) is 7.64. The lowest BCUT2D eigenvalue weighted by Gasteiger charge is -2.10. The highest BCUT2D eigenvalue weighted by Gasteiger charge is 2.22. The molecule has 3 rings (SSSR count). The van der Waals surface area contributed by atoms with Crippen molar-refractivity contribution < 1.29 is 14.3 Å². The van der Waals surface area contributed by atoms with Crippen LogP contribution in [0.1, 0.15) is 15.9 Å². The van der Waals surface area contributed by atoms with E-state index in [2.05, 4.69) is 5.32 Å². The van der Waals surface area contributed by atoms with E-state index >= 15 is 0 Å². The van der Waals surface area contributed by atoms with Crippen molar-refractivity contribution in [1.29, 1.82) is 0 Å². The minimum atomic E-state index is -0.776. The van der Waals surface area contributed by atoms with E-state index in [-0.39, 0.29) is 17.0 Å². The second-order valence-corrected chi connectivity index (χ2v) is 6.06. The van der Waals surface area contributed by atoms with Crippen LogP contribution in [0.2, 0.25) is 0 Å². The van der Waals surface area contributed by atoms with Gasteiger partial charge in [0.2, 0.25) is 0 Å². The molecule has 23 heavy (non-hydrogen) atoms. The Hall–Kier alpha value is -2.67. The van der Waals surface area contributed by atoms with Crippen molar-refractivity contribution in [2.24, 2.45) is 7.05 Å². The predicted molar refractivity (Wildman–Crippen MR) is 87.8 cm³/mol. The van der Waals surface area contributed by atoms with Crippen molar-refractivity contribution >= 4 is 33.1 Å². The number of benzene rings is 1. The predicted octanol–water partition coefficient (Wildman–Crippen LogP) is 3.01. The lowest BCUT2D eigenvalue weighted by molar-refractivity contribution is 0.102. The van der Waals surface area contributed by atoms with E-state index in [1.807, 2.05) is 0 Å². The van der Waals surface area contributed by atoms with Crippen molar-refractivity contribution in [3.63, 3.8) is 0 Å². The van der Waals surface area contributed by atoms with Crippen molar-refractivity contribution in [2.45, 2.75) is 6.92 Å². The Bertz CT molecular complexity index is 991. The van der Waals surface area contributed by atoms with Crippen molar-refractivity contribution in [1.82, 2.24) is 4.57 Å². The Morgan fingerprint density at radius 2 is 2.09 bits per heavy atom. The number of amides is 1. The van der Waals surface area contributed by atoms with Crippen molar-refractivity contribution in [3.8, 4) is 5.75 Å². The molecule has 0 unspecified atom stereocenters. The van der Waals surface area contributed by atoms with Crippen LogP contribution >= 0.6 is 11.3 Å². The highest BCUT2D eigenvalue weighted by Crippen LogP contribution is 2.31. The van der Waals surface area contributed by atoms with Crippen LogP contribution in [0.3, 0.4) is 0 Å². The van der Waals surface area contributed by atoms with E-state index in [1.54, 1.807) is 18.4 Å². The Morgan fingerprint density at radius 3 is 2.78 bits per heavy atom. The lowest BCUT2D eigenvalue weighted by Crippen LogP contribution is -2.27. The molecule has 0 bridgehead atoms. The fourth-order valence-electron chi connectivity index (χ4n) is 2.30. The monoisotopic (exact) mass is 332 g/mol. The van der Waals surface area contributed by atoms with Gasteiger partial charge in [0.25, 0.3) is 11.5 Å². The number of carbonyl (C=O) groups excluding carboxylic acids is 1. The van der Waals surface area contributed by atoms with Gasteiger partial charge in [0, 0.05) is 12.7 Å². The lowest BCUT2D eigenvalue weighted by atomic mass is 10.2. The molecular formula is C16H13FN2O3S. The number of nitrogens with zero attached hydrogens (tertiary/aromatic N) is 1. The topological polar surface area (TPSA) is 71.3 Å². The summed E-state index contributed by atoms with van der Waals surface area (Å²) in [6, 6.07) is 5.91. The first-order valence-electron chi connectivity index (χ1n) is 6.77. The number of fused-ring (bicyclic) bond motifs is 1. The number of thiophene rings is 1. The van der Waals surface area contributed by atoms with Gasteiger partial charge in [0.05, 0.1) is 10.2 Å². The minimum absolute atomic E-state index is 0.214. The van der Waals surface area contributed by atoms with Crippen molar-refractivity contribution in [2.75, 3.05) is 5.32 Å². The van der Waals surface area contributed by atoms with E-state index in [0.717, 1.165) is 0 Å². The number of hydrogen-bond acceptors (Lipinski definition) is 4. The third-order valence-corrected chi connectivity index (χ3v) is 4.54. The first-order chi connectivity index (χ1) is 10.9. The zero-order chi connectivity index (χ0) is 16.7. The van der Waals surface area contributed by atoms with Crippen LogP contribution in [0.15, 0.2) is 34.4 Å². The Labute approximate surface area is 134 Å². The SMILES string of the molecule is Cc1ccc(NC(=O)c2c(O)c3sccc3n(C)c2=O)cc1F. The second-order valence-electron chi connectivity index (χ2n) is 5.14. The molecule has 0 fully saturated rings. The van der Waals surface area contributed by atoms with E-state index in [1.165, 1.54) is 41.2 Å². The van der Waals surface area contributed by atoms with Gasteiger partial charge in [-0.15, -0.1) is 11.3 Å². The molecule has 0 aliphatic carbocycles. The molecule has 3 aromatic rings. The van der Waals surface area contributed by atoms with Crippen LogP contribution in [0, 0.1) is 12.7 Å². The highest BCUT2D eigenvalue weighted by molar-refractivity contribution is 7.17. The van der Waals surface area contributed by atoms with Gasteiger partial charge in [-0.25, -0.2) is 4.39 Å². The maximum absolute atomic E-state index is 13.6. The molecule has 7 heteroatoms. The average molecular weight is 332 g/mol.